The fourth-order valence-corrected chi connectivity index (χ4v) is 1.46. The highest BCUT2D eigenvalue weighted by Gasteiger charge is 2.11. The van der Waals surface area contributed by atoms with E-state index < -0.39 is 0 Å². The molecule has 0 aliphatic carbocycles. The van der Waals surface area contributed by atoms with Gasteiger partial charge in [-0.25, -0.2) is 0 Å². The Bertz CT molecular complexity index is 385. The molecule has 1 atom stereocenters. The van der Waals surface area contributed by atoms with Crippen molar-refractivity contribution in [3.63, 3.8) is 0 Å². The van der Waals surface area contributed by atoms with E-state index in [9.17, 15) is 9.59 Å². The van der Waals surface area contributed by atoms with Crippen LogP contribution in [0.4, 0.5) is 5.69 Å². The van der Waals surface area contributed by atoms with Crippen LogP contribution in [-0.4, -0.2) is 16.5 Å². The lowest BCUT2D eigenvalue weighted by Gasteiger charge is -2.06. The van der Waals surface area contributed by atoms with Crippen molar-refractivity contribution in [3.05, 3.63) is 29.8 Å². The molecule has 3 nitrogen and oxygen atoms in total. The minimum absolute atomic E-state index is 0.0343. The molecule has 1 N–H and O–H groups in total. The predicted octanol–water partition coefficient (Wildman–Crippen LogP) is 3.00. The standard InChI is InChI=1S/C12H14BrNO2/c1-3-11(15)14-10-6-4-9(5-7-10)12(16)8(2)13/h4-8H,3H2,1-2H3,(H,14,15)/t8-/m0/s1. The zero-order chi connectivity index (χ0) is 12.1. The topological polar surface area (TPSA) is 46.2 Å². The van der Waals surface area contributed by atoms with Crippen molar-refractivity contribution in [2.24, 2.45) is 0 Å². The second-order valence-electron chi connectivity index (χ2n) is 3.46. The number of anilines is 1. The second kappa shape index (κ2) is 5.80. The summed E-state index contributed by atoms with van der Waals surface area (Å²) in [6, 6.07) is 6.89. The van der Waals surface area contributed by atoms with E-state index in [0.717, 1.165) is 0 Å². The molecule has 0 radical (unpaired) electrons. The molecule has 0 saturated carbocycles. The Kier molecular flexibility index (Phi) is 4.68. The van der Waals surface area contributed by atoms with E-state index in [0.29, 0.717) is 17.7 Å². The zero-order valence-electron chi connectivity index (χ0n) is 9.29. The quantitative estimate of drug-likeness (QED) is 0.682. The van der Waals surface area contributed by atoms with Crippen LogP contribution < -0.4 is 5.32 Å². The van der Waals surface area contributed by atoms with Gasteiger partial charge in [-0.05, 0) is 31.2 Å². The number of alkyl halides is 1. The lowest BCUT2D eigenvalue weighted by atomic mass is 10.1. The lowest BCUT2D eigenvalue weighted by Crippen LogP contribution is -2.11. The number of carbonyl (C=O) groups is 2. The molecule has 1 aromatic rings. The van der Waals surface area contributed by atoms with Crippen LogP contribution in [-0.2, 0) is 4.79 Å². The maximum atomic E-state index is 11.6. The number of hydrogen-bond acceptors (Lipinski definition) is 2. The molecule has 0 heterocycles. The van der Waals surface area contributed by atoms with E-state index in [4.69, 9.17) is 0 Å². The van der Waals surface area contributed by atoms with Gasteiger partial charge in [-0.15, -0.1) is 0 Å². The van der Waals surface area contributed by atoms with E-state index >= 15 is 0 Å². The van der Waals surface area contributed by atoms with Gasteiger partial charge in [0.1, 0.15) is 0 Å². The molecule has 0 fully saturated rings. The summed E-state index contributed by atoms with van der Waals surface area (Å²) in [5, 5.41) is 2.72. The van der Waals surface area contributed by atoms with Crippen LogP contribution in [0.5, 0.6) is 0 Å². The summed E-state index contributed by atoms with van der Waals surface area (Å²) >= 11 is 3.23. The van der Waals surface area contributed by atoms with Crippen molar-refractivity contribution in [1.82, 2.24) is 0 Å². The second-order valence-corrected chi connectivity index (χ2v) is 4.83. The summed E-state index contributed by atoms with van der Waals surface area (Å²) in [5.74, 6) is 0.00121. The summed E-state index contributed by atoms with van der Waals surface area (Å²) < 4.78 is 0. The Morgan fingerprint density at radius 1 is 1.31 bits per heavy atom. The van der Waals surface area contributed by atoms with E-state index in [-0.39, 0.29) is 16.5 Å². The van der Waals surface area contributed by atoms with Crippen LogP contribution in [0.1, 0.15) is 30.6 Å². The monoisotopic (exact) mass is 283 g/mol. The predicted molar refractivity (Wildman–Crippen MR) is 68.1 cm³/mol. The molecule has 4 heteroatoms. The Morgan fingerprint density at radius 2 is 1.88 bits per heavy atom. The third-order valence-electron chi connectivity index (χ3n) is 2.14. The fourth-order valence-electron chi connectivity index (χ4n) is 1.20. The Balaban J connectivity index is 2.75. The molecule has 0 aliphatic heterocycles. The number of rotatable bonds is 4. The fraction of sp³-hybridized carbons (Fsp3) is 0.333. The molecular formula is C12H14BrNO2. The summed E-state index contributed by atoms with van der Waals surface area (Å²) in [6.45, 7) is 3.58. The molecule has 1 amide bonds. The van der Waals surface area contributed by atoms with Crippen LogP contribution in [0.15, 0.2) is 24.3 Å². The number of amides is 1. The smallest absolute Gasteiger partial charge is 0.224 e. The highest BCUT2D eigenvalue weighted by Crippen LogP contribution is 2.14. The van der Waals surface area contributed by atoms with E-state index in [1.54, 1.807) is 38.1 Å². The molecule has 0 saturated heterocycles. The van der Waals surface area contributed by atoms with Gasteiger partial charge < -0.3 is 5.32 Å². The highest BCUT2D eigenvalue weighted by atomic mass is 79.9. The molecular weight excluding hydrogens is 270 g/mol. The molecule has 86 valence electrons. The van der Waals surface area contributed by atoms with Crippen molar-refractivity contribution >= 4 is 33.3 Å². The third-order valence-corrected chi connectivity index (χ3v) is 2.55. The van der Waals surface area contributed by atoms with Crippen LogP contribution in [0.2, 0.25) is 0 Å². The lowest BCUT2D eigenvalue weighted by molar-refractivity contribution is -0.115. The minimum atomic E-state index is -0.191. The molecule has 0 spiro atoms. The first-order chi connectivity index (χ1) is 7.54. The average molecular weight is 284 g/mol. The van der Waals surface area contributed by atoms with Crippen molar-refractivity contribution < 1.29 is 9.59 Å². The van der Waals surface area contributed by atoms with Gasteiger partial charge in [0.05, 0.1) is 4.83 Å². The van der Waals surface area contributed by atoms with Gasteiger partial charge in [0, 0.05) is 17.7 Å². The highest BCUT2D eigenvalue weighted by molar-refractivity contribution is 9.10. The first kappa shape index (κ1) is 12.9. The number of benzene rings is 1. The van der Waals surface area contributed by atoms with Gasteiger partial charge in [0.25, 0.3) is 0 Å². The summed E-state index contributed by atoms with van der Waals surface area (Å²) in [5.41, 5.74) is 1.35. The Morgan fingerprint density at radius 3 is 2.31 bits per heavy atom. The number of Topliss-reactive ketones (excluding diaryl/α,β-unsaturated/α-hetero) is 1. The van der Waals surface area contributed by atoms with Crippen LogP contribution >= 0.6 is 15.9 Å². The largest absolute Gasteiger partial charge is 0.326 e. The van der Waals surface area contributed by atoms with Crippen LogP contribution in [0.25, 0.3) is 0 Å². The van der Waals surface area contributed by atoms with Gasteiger partial charge in [-0.1, -0.05) is 22.9 Å². The molecule has 1 aromatic carbocycles. The van der Waals surface area contributed by atoms with Crippen molar-refractivity contribution in [2.75, 3.05) is 5.32 Å². The summed E-state index contributed by atoms with van der Waals surface area (Å²) in [7, 11) is 0. The molecule has 0 aliphatic rings. The van der Waals surface area contributed by atoms with Gasteiger partial charge in [0.15, 0.2) is 5.78 Å². The maximum Gasteiger partial charge on any atom is 0.224 e. The molecule has 0 aromatic heterocycles. The van der Waals surface area contributed by atoms with Crippen LogP contribution in [0.3, 0.4) is 0 Å². The first-order valence-electron chi connectivity index (χ1n) is 5.12. The van der Waals surface area contributed by atoms with Gasteiger partial charge in [-0.2, -0.15) is 0 Å². The molecule has 16 heavy (non-hydrogen) atoms. The van der Waals surface area contributed by atoms with E-state index in [1.165, 1.54) is 0 Å². The number of halogens is 1. The summed E-state index contributed by atoms with van der Waals surface area (Å²) in [4.78, 5) is 22.5. The number of nitrogens with one attached hydrogen (secondary N) is 1. The third kappa shape index (κ3) is 3.45. The van der Waals surface area contributed by atoms with Crippen molar-refractivity contribution in [3.8, 4) is 0 Å². The Hall–Kier alpha value is -1.16. The average Bonchev–Trinajstić information content (AvgIpc) is 2.28. The zero-order valence-corrected chi connectivity index (χ0v) is 10.9. The normalized spacial score (nSPS) is 11.9. The van der Waals surface area contributed by atoms with E-state index in [2.05, 4.69) is 21.2 Å². The first-order valence-corrected chi connectivity index (χ1v) is 6.04. The van der Waals surface area contributed by atoms with E-state index in [1.807, 2.05) is 0 Å². The van der Waals surface area contributed by atoms with Gasteiger partial charge >= 0.3 is 0 Å². The van der Waals surface area contributed by atoms with Crippen LogP contribution in [0, 0.1) is 0 Å². The number of ketones is 1. The SMILES string of the molecule is CCC(=O)Nc1ccc(C(=O)[C@H](C)Br)cc1. The van der Waals surface area contributed by atoms with Gasteiger partial charge in [0.2, 0.25) is 5.91 Å². The number of carbonyl (C=O) groups excluding carboxylic acids is 2. The molecule has 0 unspecified atom stereocenters. The Labute approximate surface area is 103 Å². The maximum absolute atomic E-state index is 11.6. The summed E-state index contributed by atoms with van der Waals surface area (Å²) in [6.07, 6.45) is 0.444. The van der Waals surface area contributed by atoms with Crippen molar-refractivity contribution in [1.29, 1.82) is 0 Å². The van der Waals surface area contributed by atoms with Gasteiger partial charge in [-0.3, -0.25) is 9.59 Å². The minimum Gasteiger partial charge on any atom is -0.326 e. The number of hydrogen-bond donors (Lipinski definition) is 1. The molecule has 0 bridgehead atoms. The van der Waals surface area contributed by atoms with Crippen molar-refractivity contribution in [2.45, 2.75) is 25.1 Å². The molecule has 1 rings (SSSR count).